The highest BCUT2D eigenvalue weighted by atomic mass is 16.5. The Morgan fingerprint density at radius 2 is 1.79 bits per heavy atom. The van der Waals surface area contributed by atoms with Crippen molar-refractivity contribution >= 4 is 28.2 Å². The van der Waals surface area contributed by atoms with E-state index in [9.17, 15) is 9.59 Å². The number of aromatic nitrogens is 3. The van der Waals surface area contributed by atoms with Crippen molar-refractivity contribution in [1.82, 2.24) is 14.6 Å². The van der Waals surface area contributed by atoms with Crippen molar-refractivity contribution in [1.29, 1.82) is 0 Å². The molecule has 4 rings (SSSR count). The van der Waals surface area contributed by atoms with Gasteiger partial charge in [-0.05, 0) is 29.2 Å². The first kappa shape index (κ1) is 17.8. The normalized spacial score (nSPS) is 11.9. The van der Waals surface area contributed by atoms with E-state index in [2.05, 4.69) is 28.9 Å². The predicted molar refractivity (Wildman–Crippen MR) is 111 cm³/mol. The van der Waals surface area contributed by atoms with E-state index >= 15 is 0 Å². The quantitative estimate of drug-likeness (QED) is 0.536. The first-order chi connectivity index (χ1) is 13.5. The predicted octanol–water partition coefficient (Wildman–Crippen LogP) is 3.19. The van der Waals surface area contributed by atoms with Gasteiger partial charge < -0.3 is 14.7 Å². The van der Waals surface area contributed by atoms with Crippen molar-refractivity contribution in [2.45, 2.75) is 19.8 Å². The molecule has 0 saturated carbocycles. The fourth-order valence-corrected chi connectivity index (χ4v) is 3.23. The fraction of sp³-hybridized carbons (Fsp3) is 0.190. The molecular formula is C21H20N4O3. The Labute approximate surface area is 160 Å². The minimum absolute atomic E-state index is 0.270. The SMILES string of the molecule is COc1cccc2[nH]c3c(=O)n(N=Cc4ccc(C(C)C)cc4)c(=O)[nH]c3c12. The van der Waals surface area contributed by atoms with Crippen LogP contribution in [0.2, 0.25) is 0 Å². The van der Waals surface area contributed by atoms with Crippen LogP contribution in [0.3, 0.4) is 0 Å². The molecule has 0 aliphatic heterocycles. The fourth-order valence-electron chi connectivity index (χ4n) is 3.23. The number of rotatable bonds is 4. The summed E-state index contributed by atoms with van der Waals surface area (Å²) in [6.07, 6.45) is 1.50. The molecule has 0 unspecified atom stereocenters. The number of aromatic amines is 2. The van der Waals surface area contributed by atoms with Crippen LogP contribution in [0.1, 0.15) is 30.9 Å². The van der Waals surface area contributed by atoms with Crippen LogP contribution in [0.5, 0.6) is 5.75 Å². The zero-order chi connectivity index (χ0) is 19.8. The van der Waals surface area contributed by atoms with Crippen molar-refractivity contribution in [3.8, 4) is 5.75 Å². The van der Waals surface area contributed by atoms with Crippen LogP contribution >= 0.6 is 0 Å². The third-order valence-corrected chi connectivity index (χ3v) is 4.76. The van der Waals surface area contributed by atoms with Crippen molar-refractivity contribution in [2.24, 2.45) is 5.10 Å². The first-order valence-electron chi connectivity index (χ1n) is 8.97. The highest BCUT2D eigenvalue weighted by Gasteiger charge is 2.15. The van der Waals surface area contributed by atoms with Crippen LogP contribution < -0.4 is 16.0 Å². The molecule has 0 saturated heterocycles. The summed E-state index contributed by atoms with van der Waals surface area (Å²) >= 11 is 0. The summed E-state index contributed by atoms with van der Waals surface area (Å²) < 4.78 is 6.18. The van der Waals surface area contributed by atoms with E-state index in [0.29, 0.717) is 28.1 Å². The largest absolute Gasteiger partial charge is 0.496 e. The molecular weight excluding hydrogens is 356 g/mol. The highest BCUT2D eigenvalue weighted by molar-refractivity contribution is 6.07. The molecule has 0 aliphatic carbocycles. The molecule has 7 nitrogen and oxygen atoms in total. The van der Waals surface area contributed by atoms with Gasteiger partial charge in [-0.25, -0.2) is 4.79 Å². The number of fused-ring (bicyclic) bond motifs is 3. The molecule has 0 aliphatic rings. The van der Waals surface area contributed by atoms with Gasteiger partial charge in [0.15, 0.2) is 0 Å². The summed E-state index contributed by atoms with van der Waals surface area (Å²) in [7, 11) is 1.54. The van der Waals surface area contributed by atoms with E-state index in [1.165, 1.54) is 11.8 Å². The monoisotopic (exact) mass is 376 g/mol. The van der Waals surface area contributed by atoms with Crippen molar-refractivity contribution in [3.63, 3.8) is 0 Å². The van der Waals surface area contributed by atoms with Crippen LogP contribution in [-0.4, -0.2) is 28.0 Å². The molecule has 2 heterocycles. The third-order valence-electron chi connectivity index (χ3n) is 4.76. The minimum atomic E-state index is -0.612. The lowest BCUT2D eigenvalue weighted by Crippen LogP contribution is -2.32. The van der Waals surface area contributed by atoms with Gasteiger partial charge in [-0.1, -0.05) is 44.2 Å². The summed E-state index contributed by atoms with van der Waals surface area (Å²) in [6.45, 7) is 4.24. The lowest BCUT2D eigenvalue weighted by atomic mass is 10.0. The van der Waals surface area contributed by atoms with Crippen LogP contribution in [-0.2, 0) is 0 Å². The zero-order valence-electron chi connectivity index (χ0n) is 15.8. The molecule has 0 amide bonds. The number of methoxy groups -OCH3 is 1. The van der Waals surface area contributed by atoms with E-state index < -0.39 is 11.2 Å². The Morgan fingerprint density at radius 3 is 2.46 bits per heavy atom. The average molecular weight is 376 g/mol. The van der Waals surface area contributed by atoms with Gasteiger partial charge >= 0.3 is 11.2 Å². The van der Waals surface area contributed by atoms with Crippen molar-refractivity contribution < 1.29 is 4.74 Å². The molecule has 2 N–H and O–H groups in total. The van der Waals surface area contributed by atoms with Crippen molar-refractivity contribution in [2.75, 3.05) is 7.11 Å². The van der Waals surface area contributed by atoms with Gasteiger partial charge in [-0.3, -0.25) is 4.79 Å². The third kappa shape index (κ3) is 2.90. The summed E-state index contributed by atoms with van der Waals surface area (Å²) in [5, 5.41) is 4.76. The molecule has 0 bridgehead atoms. The van der Waals surface area contributed by atoms with E-state index in [0.717, 1.165) is 10.2 Å². The summed E-state index contributed by atoms with van der Waals surface area (Å²) in [6, 6.07) is 13.2. The maximum absolute atomic E-state index is 12.8. The van der Waals surface area contributed by atoms with Crippen LogP contribution in [0.4, 0.5) is 0 Å². The topological polar surface area (TPSA) is 92.2 Å². The molecule has 4 aromatic rings. The Bertz CT molecular complexity index is 1310. The second-order valence-electron chi connectivity index (χ2n) is 6.87. The van der Waals surface area contributed by atoms with Gasteiger partial charge in [0.05, 0.1) is 29.7 Å². The molecule has 28 heavy (non-hydrogen) atoms. The number of H-pyrrole nitrogens is 2. The molecule has 0 atom stereocenters. The number of nitrogens with one attached hydrogen (secondary N) is 2. The summed E-state index contributed by atoms with van der Waals surface area (Å²) in [4.78, 5) is 31.1. The molecule has 142 valence electrons. The Morgan fingerprint density at radius 1 is 1.04 bits per heavy atom. The molecule has 0 fully saturated rings. The first-order valence-corrected chi connectivity index (χ1v) is 8.97. The number of benzene rings is 2. The molecule has 2 aromatic carbocycles. The maximum Gasteiger partial charge on any atom is 0.350 e. The molecule has 7 heteroatoms. The Balaban J connectivity index is 1.83. The standard InChI is InChI=1S/C21H20N4O3/c1-12(2)14-9-7-13(8-10-14)11-22-25-20(26)19-18(24-21(25)27)17-15(23-19)5-4-6-16(17)28-3/h4-12,23H,1-3H3,(H,24,27). The maximum atomic E-state index is 12.8. The minimum Gasteiger partial charge on any atom is -0.496 e. The number of hydrogen-bond donors (Lipinski definition) is 2. The average Bonchev–Trinajstić information content (AvgIpc) is 3.07. The lowest BCUT2D eigenvalue weighted by molar-refractivity contribution is 0.420. The van der Waals surface area contributed by atoms with Gasteiger partial charge in [0.1, 0.15) is 11.3 Å². The number of nitrogens with zero attached hydrogens (tertiary/aromatic N) is 2. The molecule has 2 aromatic heterocycles. The van der Waals surface area contributed by atoms with Gasteiger partial charge in [-0.2, -0.15) is 5.10 Å². The van der Waals surface area contributed by atoms with E-state index in [4.69, 9.17) is 4.74 Å². The zero-order valence-corrected chi connectivity index (χ0v) is 15.8. The van der Waals surface area contributed by atoms with E-state index in [1.807, 2.05) is 36.4 Å². The van der Waals surface area contributed by atoms with Gasteiger partial charge in [-0.15, -0.1) is 4.68 Å². The van der Waals surface area contributed by atoms with E-state index in [-0.39, 0.29) is 5.52 Å². The van der Waals surface area contributed by atoms with Crippen LogP contribution in [0.25, 0.3) is 21.9 Å². The summed E-state index contributed by atoms with van der Waals surface area (Å²) in [5.41, 5.74) is 2.26. The van der Waals surface area contributed by atoms with E-state index in [1.54, 1.807) is 13.2 Å². The second-order valence-corrected chi connectivity index (χ2v) is 6.87. The van der Waals surface area contributed by atoms with Gasteiger partial charge in [0, 0.05) is 0 Å². The molecule has 0 radical (unpaired) electrons. The lowest BCUT2D eigenvalue weighted by Gasteiger charge is -2.04. The second kappa shape index (κ2) is 6.84. The smallest absolute Gasteiger partial charge is 0.350 e. The summed E-state index contributed by atoms with van der Waals surface area (Å²) in [5.74, 6) is 1.00. The Hall–Kier alpha value is -3.61. The van der Waals surface area contributed by atoms with Crippen molar-refractivity contribution in [3.05, 3.63) is 74.4 Å². The highest BCUT2D eigenvalue weighted by Crippen LogP contribution is 2.29. The Kier molecular flexibility index (Phi) is 4.35. The molecule has 0 spiro atoms. The van der Waals surface area contributed by atoms with Gasteiger partial charge in [0.25, 0.3) is 0 Å². The number of hydrogen-bond acceptors (Lipinski definition) is 4. The van der Waals surface area contributed by atoms with Gasteiger partial charge in [0.2, 0.25) is 0 Å². The number of ether oxygens (including phenoxy) is 1. The van der Waals surface area contributed by atoms with Crippen LogP contribution in [0, 0.1) is 0 Å². The van der Waals surface area contributed by atoms with Crippen LogP contribution in [0.15, 0.2) is 57.2 Å².